The Labute approximate surface area is 126 Å². The standard InChI is InChI=1S/C17H35N3/c1-14(2)18-8-6-17(7-9-18)16(5)20-12-10-19(11-13-20)15(3)4/h14-17H,6-13H2,1-5H3/t16-/m0/s1. The fraction of sp³-hybridized carbons (Fsp3) is 1.00. The minimum Gasteiger partial charge on any atom is -0.301 e. The molecule has 2 fully saturated rings. The van der Waals surface area contributed by atoms with Crippen LogP contribution >= 0.6 is 0 Å². The van der Waals surface area contributed by atoms with Crippen molar-refractivity contribution in [1.82, 2.24) is 14.7 Å². The first-order valence-corrected chi connectivity index (χ1v) is 8.71. The van der Waals surface area contributed by atoms with Gasteiger partial charge in [-0.05, 0) is 66.5 Å². The number of hydrogen-bond acceptors (Lipinski definition) is 3. The maximum atomic E-state index is 2.74. The van der Waals surface area contributed by atoms with Gasteiger partial charge in [0.05, 0.1) is 0 Å². The molecular weight excluding hydrogens is 246 g/mol. The van der Waals surface area contributed by atoms with E-state index in [1.54, 1.807) is 0 Å². The fourth-order valence-electron chi connectivity index (χ4n) is 3.88. The topological polar surface area (TPSA) is 9.72 Å². The minimum atomic E-state index is 0.710. The summed E-state index contributed by atoms with van der Waals surface area (Å²) in [6.45, 7) is 19.4. The first kappa shape index (κ1) is 16.3. The molecule has 2 aliphatic rings. The maximum absolute atomic E-state index is 2.74. The highest BCUT2D eigenvalue weighted by Gasteiger charge is 2.30. The highest BCUT2D eigenvalue weighted by Crippen LogP contribution is 2.25. The maximum Gasteiger partial charge on any atom is 0.0113 e. The zero-order chi connectivity index (χ0) is 14.7. The number of rotatable bonds is 4. The summed E-state index contributed by atoms with van der Waals surface area (Å²) in [7, 11) is 0. The van der Waals surface area contributed by atoms with Gasteiger partial charge in [-0.2, -0.15) is 0 Å². The SMILES string of the molecule is CC(C)N1CCC([C@H](C)N2CCN(C(C)C)CC2)CC1. The molecule has 0 saturated carbocycles. The first-order valence-electron chi connectivity index (χ1n) is 8.71. The number of hydrogen-bond donors (Lipinski definition) is 0. The predicted molar refractivity (Wildman–Crippen MR) is 87.2 cm³/mol. The normalized spacial score (nSPS) is 26.6. The van der Waals surface area contributed by atoms with Crippen molar-refractivity contribution in [2.75, 3.05) is 39.3 Å². The highest BCUT2D eigenvalue weighted by molar-refractivity contribution is 4.85. The van der Waals surface area contributed by atoms with Crippen LogP contribution in [0, 0.1) is 5.92 Å². The molecule has 0 aliphatic carbocycles. The summed E-state index contributed by atoms with van der Waals surface area (Å²) in [6, 6.07) is 2.21. The summed E-state index contributed by atoms with van der Waals surface area (Å²) in [5, 5.41) is 0. The zero-order valence-electron chi connectivity index (χ0n) is 14.3. The van der Waals surface area contributed by atoms with Crippen molar-refractivity contribution in [3.8, 4) is 0 Å². The van der Waals surface area contributed by atoms with Gasteiger partial charge in [-0.3, -0.25) is 9.80 Å². The van der Waals surface area contributed by atoms with Crippen LogP contribution in [-0.2, 0) is 0 Å². The smallest absolute Gasteiger partial charge is 0.0113 e. The quantitative estimate of drug-likeness (QED) is 0.784. The Morgan fingerprint density at radius 1 is 0.600 bits per heavy atom. The fourth-order valence-corrected chi connectivity index (χ4v) is 3.88. The lowest BCUT2D eigenvalue weighted by Gasteiger charge is -2.44. The van der Waals surface area contributed by atoms with Crippen LogP contribution in [0.1, 0.15) is 47.5 Å². The third-order valence-corrected chi connectivity index (χ3v) is 5.64. The second-order valence-corrected chi connectivity index (χ2v) is 7.37. The van der Waals surface area contributed by atoms with E-state index < -0.39 is 0 Å². The molecule has 20 heavy (non-hydrogen) atoms. The van der Waals surface area contributed by atoms with Gasteiger partial charge in [0.15, 0.2) is 0 Å². The van der Waals surface area contributed by atoms with Gasteiger partial charge < -0.3 is 4.90 Å². The minimum absolute atomic E-state index is 0.710. The molecule has 0 aromatic heterocycles. The number of likely N-dealkylation sites (tertiary alicyclic amines) is 1. The van der Waals surface area contributed by atoms with Crippen molar-refractivity contribution in [3.05, 3.63) is 0 Å². The molecular formula is C17H35N3. The van der Waals surface area contributed by atoms with E-state index in [9.17, 15) is 0 Å². The summed E-state index contributed by atoms with van der Waals surface area (Å²) in [5.41, 5.74) is 0. The lowest BCUT2D eigenvalue weighted by Crippen LogP contribution is -2.54. The van der Waals surface area contributed by atoms with Gasteiger partial charge in [-0.25, -0.2) is 0 Å². The molecule has 3 heteroatoms. The van der Waals surface area contributed by atoms with E-state index in [1.165, 1.54) is 52.1 Å². The van der Waals surface area contributed by atoms with Gasteiger partial charge in [-0.15, -0.1) is 0 Å². The average molecular weight is 281 g/mol. The van der Waals surface area contributed by atoms with E-state index in [2.05, 4.69) is 49.3 Å². The van der Waals surface area contributed by atoms with Crippen molar-refractivity contribution < 1.29 is 0 Å². The molecule has 3 nitrogen and oxygen atoms in total. The Hall–Kier alpha value is -0.120. The first-order chi connectivity index (χ1) is 9.49. The number of piperidine rings is 1. The van der Waals surface area contributed by atoms with Crippen molar-refractivity contribution in [2.45, 2.75) is 65.6 Å². The molecule has 0 radical (unpaired) electrons. The Kier molecular flexibility index (Phi) is 5.88. The molecule has 0 aromatic rings. The molecule has 2 saturated heterocycles. The molecule has 0 spiro atoms. The molecule has 2 aliphatic heterocycles. The molecule has 0 unspecified atom stereocenters. The Bertz CT molecular complexity index is 246. The van der Waals surface area contributed by atoms with Gasteiger partial charge in [0.2, 0.25) is 0 Å². The molecule has 118 valence electrons. The van der Waals surface area contributed by atoms with Crippen LogP contribution < -0.4 is 0 Å². The predicted octanol–water partition coefficient (Wildman–Crippen LogP) is 2.52. The van der Waals surface area contributed by atoms with E-state index in [1.807, 2.05) is 0 Å². The molecule has 2 heterocycles. The lowest BCUT2D eigenvalue weighted by molar-refractivity contribution is 0.0396. The van der Waals surface area contributed by atoms with Crippen molar-refractivity contribution in [2.24, 2.45) is 5.92 Å². The van der Waals surface area contributed by atoms with E-state index >= 15 is 0 Å². The summed E-state index contributed by atoms with van der Waals surface area (Å²) < 4.78 is 0. The monoisotopic (exact) mass is 281 g/mol. The molecule has 0 aromatic carbocycles. The van der Waals surface area contributed by atoms with Crippen molar-refractivity contribution in [3.63, 3.8) is 0 Å². The van der Waals surface area contributed by atoms with Gasteiger partial charge in [0, 0.05) is 44.3 Å². The van der Waals surface area contributed by atoms with E-state index in [0.29, 0.717) is 6.04 Å². The summed E-state index contributed by atoms with van der Waals surface area (Å²) in [4.78, 5) is 8.00. The number of piperazine rings is 1. The van der Waals surface area contributed by atoms with Gasteiger partial charge in [0.1, 0.15) is 0 Å². The Balaban J connectivity index is 1.77. The van der Waals surface area contributed by atoms with Crippen molar-refractivity contribution in [1.29, 1.82) is 0 Å². The molecule has 0 N–H and O–H groups in total. The van der Waals surface area contributed by atoms with Gasteiger partial charge in [0.25, 0.3) is 0 Å². The van der Waals surface area contributed by atoms with Crippen LogP contribution in [0.25, 0.3) is 0 Å². The Morgan fingerprint density at radius 3 is 1.45 bits per heavy atom. The van der Waals surface area contributed by atoms with Crippen molar-refractivity contribution >= 4 is 0 Å². The summed E-state index contributed by atoms with van der Waals surface area (Å²) in [5.74, 6) is 0.913. The Morgan fingerprint density at radius 2 is 1.00 bits per heavy atom. The van der Waals surface area contributed by atoms with Crippen LogP contribution in [-0.4, -0.2) is 72.1 Å². The van der Waals surface area contributed by atoms with Crippen LogP contribution in [0.3, 0.4) is 0 Å². The second kappa shape index (κ2) is 7.24. The molecule has 0 amide bonds. The molecule has 0 bridgehead atoms. The van der Waals surface area contributed by atoms with Crippen LogP contribution in [0.2, 0.25) is 0 Å². The lowest BCUT2D eigenvalue weighted by atomic mass is 9.88. The van der Waals surface area contributed by atoms with E-state index in [4.69, 9.17) is 0 Å². The van der Waals surface area contributed by atoms with Crippen LogP contribution in [0.15, 0.2) is 0 Å². The largest absolute Gasteiger partial charge is 0.301 e. The molecule has 2 rings (SSSR count). The van der Waals surface area contributed by atoms with E-state index in [0.717, 1.165) is 18.0 Å². The number of nitrogens with zero attached hydrogens (tertiary/aromatic N) is 3. The highest BCUT2D eigenvalue weighted by atomic mass is 15.3. The third-order valence-electron chi connectivity index (χ3n) is 5.64. The van der Waals surface area contributed by atoms with Gasteiger partial charge >= 0.3 is 0 Å². The molecule has 1 atom stereocenters. The average Bonchev–Trinajstić information content (AvgIpc) is 2.46. The van der Waals surface area contributed by atoms with E-state index in [-0.39, 0.29) is 0 Å². The summed E-state index contributed by atoms with van der Waals surface area (Å²) >= 11 is 0. The zero-order valence-corrected chi connectivity index (χ0v) is 14.3. The third kappa shape index (κ3) is 3.96. The summed E-state index contributed by atoms with van der Waals surface area (Å²) in [6.07, 6.45) is 2.79. The second-order valence-electron chi connectivity index (χ2n) is 7.37. The van der Waals surface area contributed by atoms with Gasteiger partial charge in [-0.1, -0.05) is 0 Å². The van der Waals surface area contributed by atoms with Crippen LogP contribution in [0.4, 0.5) is 0 Å². The van der Waals surface area contributed by atoms with Crippen LogP contribution in [0.5, 0.6) is 0 Å².